The minimum atomic E-state index is -0.378. The smallest absolute Gasteiger partial charge is 0.264 e. The number of pyridine rings is 3. The fourth-order valence-corrected chi connectivity index (χ4v) is 3.09. The van der Waals surface area contributed by atoms with Crippen LogP contribution in [-0.2, 0) is 0 Å². The van der Waals surface area contributed by atoms with Crippen molar-refractivity contribution in [2.24, 2.45) is 0 Å². The van der Waals surface area contributed by atoms with E-state index >= 15 is 0 Å². The van der Waals surface area contributed by atoms with Gasteiger partial charge in [-0.2, -0.15) is 0 Å². The van der Waals surface area contributed by atoms with Crippen LogP contribution in [0, 0.1) is 0 Å². The average Bonchev–Trinajstić information content (AvgIpc) is 2.66. The largest absolute Gasteiger partial charge is 0.475 e. The van der Waals surface area contributed by atoms with Crippen LogP contribution in [-0.4, -0.2) is 27.0 Å². The second kappa shape index (κ2) is 8.90. The second-order valence-corrected chi connectivity index (χ2v) is 7.21. The first-order valence-corrected chi connectivity index (χ1v) is 9.61. The van der Waals surface area contributed by atoms with Crippen molar-refractivity contribution in [3.05, 3.63) is 59.4 Å². The number of carbonyl (C=O) groups is 1. The Morgan fingerprint density at radius 1 is 1.18 bits per heavy atom. The third-order valence-corrected chi connectivity index (χ3v) is 4.49. The quantitative estimate of drug-likeness (QED) is 0.463. The molecule has 7 nitrogen and oxygen atoms in total. The van der Waals surface area contributed by atoms with Gasteiger partial charge in [-0.1, -0.05) is 17.7 Å². The number of carbonyl (C=O) groups excluding carboxylic acids is 1. The molecule has 0 aliphatic rings. The Labute approximate surface area is 171 Å². The first kappa shape index (κ1) is 19.9. The maximum atomic E-state index is 12.4. The number of halogens is 1. The van der Waals surface area contributed by atoms with Crippen LogP contribution in [0.1, 0.15) is 24.2 Å². The topological polar surface area (TPSA) is 103 Å². The van der Waals surface area contributed by atoms with Gasteiger partial charge in [-0.05, 0) is 44.2 Å². The van der Waals surface area contributed by atoms with E-state index in [2.05, 4.69) is 19.7 Å². The van der Waals surface area contributed by atoms with Crippen molar-refractivity contribution < 1.29 is 9.53 Å². The molecule has 0 aliphatic carbocycles. The van der Waals surface area contributed by atoms with Gasteiger partial charge in [-0.15, -0.1) is 0 Å². The summed E-state index contributed by atoms with van der Waals surface area (Å²) in [5, 5.41) is 0.669. The molecule has 0 aliphatic heterocycles. The lowest BCUT2D eigenvalue weighted by atomic mass is 10.1. The Morgan fingerprint density at radius 2 is 2.00 bits per heavy atom. The molecule has 9 heteroatoms. The number of rotatable bonds is 6. The Bertz CT molecular complexity index is 982. The van der Waals surface area contributed by atoms with Gasteiger partial charge in [0, 0.05) is 29.8 Å². The number of aromatic nitrogens is 3. The van der Waals surface area contributed by atoms with E-state index < -0.39 is 0 Å². The van der Waals surface area contributed by atoms with E-state index in [4.69, 9.17) is 22.1 Å². The minimum Gasteiger partial charge on any atom is -0.475 e. The summed E-state index contributed by atoms with van der Waals surface area (Å²) in [4.78, 5) is 25.0. The van der Waals surface area contributed by atoms with Crippen molar-refractivity contribution in [1.29, 1.82) is 0 Å². The van der Waals surface area contributed by atoms with Crippen molar-refractivity contribution >= 4 is 35.3 Å². The lowest BCUT2D eigenvalue weighted by molar-refractivity contribution is 0.0984. The van der Waals surface area contributed by atoms with E-state index in [9.17, 15) is 4.79 Å². The van der Waals surface area contributed by atoms with E-state index in [0.717, 1.165) is 17.5 Å². The number of nitrogens with one attached hydrogen (secondary N) is 1. The molecule has 144 valence electrons. The molecule has 3 aromatic heterocycles. The van der Waals surface area contributed by atoms with Crippen LogP contribution in [0.15, 0.2) is 53.7 Å². The van der Waals surface area contributed by atoms with Crippen LogP contribution in [0.2, 0.25) is 5.15 Å². The van der Waals surface area contributed by atoms with Crippen molar-refractivity contribution in [3.8, 4) is 17.1 Å². The zero-order valence-corrected chi connectivity index (χ0v) is 16.8. The Balaban J connectivity index is 1.70. The highest BCUT2D eigenvalue weighted by molar-refractivity contribution is 7.97. The molecule has 3 N–H and O–H groups in total. The zero-order chi connectivity index (χ0) is 20.1. The lowest BCUT2D eigenvalue weighted by Crippen LogP contribution is -2.17. The Morgan fingerprint density at radius 3 is 2.64 bits per heavy atom. The summed E-state index contributed by atoms with van der Waals surface area (Å²) in [6.45, 7) is 3.86. The normalized spacial score (nSPS) is 10.7. The molecule has 3 aromatic rings. The molecule has 1 amide bonds. The SMILES string of the molecule is CC(C)Oc1ccc(-c2ccc(C(=O)NSc3cccc(N)n3)c(Cl)n2)cn1. The number of amides is 1. The fourth-order valence-electron chi connectivity index (χ4n) is 2.25. The molecular formula is C19H18ClN5O2S. The third kappa shape index (κ3) is 5.11. The van der Waals surface area contributed by atoms with Gasteiger partial charge in [0.1, 0.15) is 16.0 Å². The summed E-state index contributed by atoms with van der Waals surface area (Å²) >= 11 is 7.27. The monoisotopic (exact) mass is 415 g/mol. The van der Waals surface area contributed by atoms with E-state index in [1.807, 2.05) is 19.9 Å². The highest BCUT2D eigenvalue weighted by atomic mass is 35.5. The maximum absolute atomic E-state index is 12.4. The minimum absolute atomic E-state index is 0.0455. The molecular weight excluding hydrogens is 398 g/mol. The first-order valence-electron chi connectivity index (χ1n) is 8.41. The molecule has 0 unspecified atom stereocenters. The number of anilines is 1. The van der Waals surface area contributed by atoms with Crippen LogP contribution in [0.3, 0.4) is 0 Å². The number of nitrogens with zero attached hydrogens (tertiary/aromatic N) is 3. The molecule has 0 radical (unpaired) electrons. The summed E-state index contributed by atoms with van der Waals surface area (Å²) in [6.07, 6.45) is 1.70. The highest BCUT2D eigenvalue weighted by Gasteiger charge is 2.14. The van der Waals surface area contributed by atoms with Gasteiger partial charge in [0.2, 0.25) is 5.88 Å². The maximum Gasteiger partial charge on any atom is 0.264 e. The average molecular weight is 416 g/mol. The summed E-state index contributed by atoms with van der Waals surface area (Å²) in [7, 11) is 0. The van der Waals surface area contributed by atoms with Gasteiger partial charge in [-0.25, -0.2) is 15.0 Å². The van der Waals surface area contributed by atoms with E-state index in [1.54, 1.807) is 42.6 Å². The number of nitrogen functional groups attached to an aromatic ring is 1. The number of hydrogen-bond acceptors (Lipinski definition) is 7. The summed E-state index contributed by atoms with van der Waals surface area (Å²) < 4.78 is 8.20. The molecule has 0 saturated heterocycles. The van der Waals surface area contributed by atoms with Gasteiger partial charge in [-0.3, -0.25) is 9.52 Å². The number of ether oxygens (including phenoxy) is 1. The van der Waals surface area contributed by atoms with Crippen LogP contribution in [0.5, 0.6) is 5.88 Å². The fraction of sp³-hybridized carbons (Fsp3) is 0.158. The van der Waals surface area contributed by atoms with Crippen molar-refractivity contribution in [1.82, 2.24) is 19.7 Å². The molecule has 28 heavy (non-hydrogen) atoms. The highest BCUT2D eigenvalue weighted by Crippen LogP contribution is 2.24. The number of nitrogens with two attached hydrogens (primary N) is 1. The van der Waals surface area contributed by atoms with Crippen LogP contribution in [0.4, 0.5) is 5.82 Å². The van der Waals surface area contributed by atoms with Crippen LogP contribution >= 0.6 is 23.5 Å². The summed E-state index contributed by atoms with van der Waals surface area (Å²) in [6, 6.07) is 12.1. The van der Waals surface area contributed by atoms with E-state index in [0.29, 0.717) is 22.4 Å². The van der Waals surface area contributed by atoms with Crippen molar-refractivity contribution in [3.63, 3.8) is 0 Å². The lowest BCUT2D eigenvalue weighted by Gasteiger charge is -2.09. The summed E-state index contributed by atoms with van der Waals surface area (Å²) in [5.74, 6) is 0.534. The standard InChI is InChI=1S/C19H18ClN5O2S/c1-11(2)27-16-9-6-12(10-22-16)14-8-7-13(18(20)23-14)19(26)25-28-17-5-3-4-15(21)24-17/h3-11H,1-2H3,(H2,21,24)(H,25,26). The Kier molecular flexibility index (Phi) is 6.33. The number of hydrogen-bond donors (Lipinski definition) is 2. The van der Waals surface area contributed by atoms with Gasteiger partial charge >= 0.3 is 0 Å². The molecule has 0 aromatic carbocycles. The predicted molar refractivity (Wildman–Crippen MR) is 110 cm³/mol. The first-order chi connectivity index (χ1) is 13.4. The third-order valence-electron chi connectivity index (χ3n) is 3.48. The van der Waals surface area contributed by atoms with Gasteiger partial charge in [0.25, 0.3) is 5.91 Å². The van der Waals surface area contributed by atoms with Crippen LogP contribution in [0.25, 0.3) is 11.3 Å². The molecule has 0 fully saturated rings. The second-order valence-electron chi connectivity index (χ2n) is 6.02. The molecule has 0 spiro atoms. The van der Waals surface area contributed by atoms with Gasteiger partial charge in [0.15, 0.2) is 0 Å². The zero-order valence-electron chi connectivity index (χ0n) is 15.2. The molecule has 0 atom stereocenters. The predicted octanol–water partition coefficient (Wildman–Crippen LogP) is 4.00. The van der Waals surface area contributed by atoms with E-state index in [1.165, 1.54) is 0 Å². The van der Waals surface area contributed by atoms with E-state index in [-0.39, 0.29) is 22.7 Å². The van der Waals surface area contributed by atoms with Gasteiger partial charge in [0.05, 0.1) is 17.4 Å². The van der Waals surface area contributed by atoms with Gasteiger partial charge < -0.3 is 10.5 Å². The Hall–Kier alpha value is -2.84. The molecule has 3 heterocycles. The molecule has 0 saturated carbocycles. The van der Waals surface area contributed by atoms with Crippen molar-refractivity contribution in [2.45, 2.75) is 25.0 Å². The molecule has 0 bridgehead atoms. The van der Waals surface area contributed by atoms with Crippen LogP contribution < -0.4 is 15.2 Å². The van der Waals surface area contributed by atoms with Crippen molar-refractivity contribution in [2.75, 3.05) is 5.73 Å². The summed E-state index contributed by atoms with van der Waals surface area (Å²) in [5.41, 5.74) is 7.26. The molecule has 3 rings (SSSR count).